The van der Waals surface area contributed by atoms with Crippen molar-refractivity contribution in [2.24, 2.45) is 0 Å². The van der Waals surface area contributed by atoms with Crippen LogP contribution in [0.15, 0.2) is 18.2 Å². The third-order valence-corrected chi connectivity index (χ3v) is 1.92. The fraction of sp³-hybridized carbons (Fsp3) is 0.400. The molecular formula is C10H11F4NO. The average molecular weight is 237 g/mol. The van der Waals surface area contributed by atoms with Gasteiger partial charge >= 0.3 is 6.18 Å². The second kappa shape index (κ2) is 5.16. The summed E-state index contributed by atoms with van der Waals surface area (Å²) < 4.78 is 54.7. The summed E-state index contributed by atoms with van der Waals surface area (Å²) in [6.45, 7) is 0.532. The van der Waals surface area contributed by atoms with E-state index in [0.717, 1.165) is 12.1 Å². The van der Waals surface area contributed by atoms with Gasteiger partial charge in [-0.05, 0) is 18.2 Å². The van der Waals surface area contributed by atoms with Crippen LogP contribution in [0.25, 0.3) is 0 Å². The molecule has 1 N–H and O–H groups in total. The van der Waals surface area contributed by atoms with E-state index in [0.29, 0.717) is 6.07 Å². The molecule has 2 nitrogen and oxygen atoms in total. The number of ether oxygens (including phenoxy) is 1. The maximum Gasteiger partial charge on any atom is 0.416 e. The molecular weight excluding hydrogens is 226 g/mol. The Labute approximate surface area is 90.2 Å². The number of halogens is 4. The zero-order valence-electron chi connectivity index (χ0n) is 8.57. The average Bonchev–Trinajstić information content (AvgIpc) is 2.19. The highest BCUT2D eigenvalue weighted by atomic mass is 19.4. The summed E-state index contributed by atoms with van der Waals surface area (Å²) in [6.07, 6.45) is -4.47. The number of methoxy groups -OCH3 is 1. The molecule has 0 amide bonds. The Morgan fingerprint density at radius 3 is 2.56 bits per heavy atom. The van der Waals surface area contributed by atoms with Gasteiger partial charge in [0.15, 0.2) is 0 Å². The van der Waals surface area contributed by atoms with Crippen LogP contribution >= 0.6 is 0 Å². The SMILES string of the molecule is COCCNc1cc(C(F)(F)F)ccc1F. The lowest BCUT2D eigenvalue weighted by Gasteiger charge is -2.11. The molecule has 0 atom stereocenters. The Morgan fingerprint density at radius 2 is 2.00 bits per heavy atom. The van der Waals surface area contributed by atoms with Crippen molar-refractivity contribution in [1.82, 2.24) is 0 Å². The number of hydrogen-bond donors (Lipinski definition) is 1. The molecule has 0 unspecified atom stereocenters. The van der Waals surface area contributed by atoms with E-state index < -0.39 is 17.6 Å². The second-order valence-corrected chi connectivity index (χ2v) is 3.11. The van der Waals surface area contributed by atoms with E-state index in [4.69, 9.17) is 4.74 Å². The van der Waals surface area contributed by atoms with E-state index in [9.17, 15) is 17.6 Å². The number of hydrogen-bond acceptors (Lipinski definition) is 2. The highest BCUT2D eigenvalue weighted by Gasteiger charge is 2.31. The van der Waals surface area contributed by atoms with Crippen molar-refractivity contribution in [3.8, 4) is 0 Å². The summed E-state index contributed by atoms with van der Waals surface area (Å²) in [6, 6.07) is 2.24. The lowest BCUT2D eigenvalue weighted by atomic mass is 10.2. The highest BCUT2D eigenvalue weighted by Crippen LogP contribution is 2.31. The number of benzene rings is 1. The smallest absolute Gasteiger partial charge is 0.383 e. The first kappa shape index (κ1) is 12.8. The predicted octanol–water partition coefficient (Wildman–Crippen LogP) is 2.90. The van der Waals surface area contributed by atoms with Gasteiger partial charge in [-0.3, -0.25) is 0 Å². The lowest BCUT2D eigenvalue weighted by molar-refractivity contribution is -0.137. The molecule has 1 aromatic rings. The molecule has 0 saturated carbocycles. The molecule has 0 heterocycles. The van der Waals surface area contributed by atoms with Crippen LogP contribution in [-0.4, -0.2) is 20.3 Å². The number of alkyl halides is 3. The third-order valence-electron chi connectivity index (χ3n) is 1.92. The van der Waals surface area contributed by atoms with Crippen molar-refractivity contribution in [1.29, 1.82) is 0 Å². The molecule has 0 fully saturated rings. The molecule has 0 aliphatic carbocycles. The standard InChI is InChI=1S/C10H11F4NO/c1-16-5-4-15-9-6-7(10(12,13)14)2-3-8(9)11/h2-3,6,15H,4-5H2,1H3. The van der Waals surface area contributed by atoms with Crippen LogP contribution in [0.2, 0.25) is 0 Å². The summed E-state index contributed by atoms with van der Waals surface area (Å²) in [4.78, 5) is 0. The molecule has 6 heteroatoms. The van der Waals surface area contributed by atoms with Gasteiger partial charge in [0.1, 0.15) is 5.82 Å². The van der Waals surface area contributed by atoms with E-state index in [2.05, 4.69) is 5.32 Å². The minimum Gasteiger partial charge on any atom is -0.383 e. The monoisotopic (exact) mass is 237 g/mol. The maximum absolute atomic E-state index is 13.1. The summed E-state index contributed by atoms with van der Waals surface area (Å²) in [5, 5.41) is 2.53. The van der Waals surface area contributed by atoms with Crippen LogP contribution in [0.3, 0.4) is 0 Å². The van der Waals surface area contributed by atoms with Crippen molar-refractivity contribution in [3.63, 3.8) is 0 Å². The fourth-order valence-corrected chi connectivity index (χ4v) is 1.12. The summed E-state index contributed by atoms with van der Waals surface area (Å²) in [5.41, 5.74) is -1.05. The molecule has 0 saturated heterocycles. The van der Waals surface area contributed by atoms with Crippen LogP contribution in [0.1, 0.15) is 5.56 Å². The fourth-order valence-electron chi connectivity index (χ4n) is 1.12. The molecule has 0 spiro atoms. The topological polar surface area (TPSA) is 21.3 Å². The van der Waals surface area contributed by atoms with Crippen LogP contribution in [0.4, 0.5) is 23.2 Å². The summed E-state index contributed by atoms with van der Waals surface area (Å²) >= 11 is 0. The summed E-state index contributed by atoms with van der Waals surface area (Å²) in [7, 11) is 1.45. The van der Waals surface area contributed by atoms with E-state index in [1.165, 1.54) is 7.11 Å². The van der Waals surface area contributed by atoms with Gasteiger partial charge in [-0.2, -0.15) is 13.2 Å². The van der Waals surface area contributed by atoms with Gasteiger partial charge in [0, 0.05) is 13.7 Å². The zero-order chi connectivity index (χ0) is 12.2. The maximum atomic E-state index is 13.1. The van der Waals surface area contributed by atoms with Crippen molar-refractivity contribution in [3.05, 3.63) is 29.6 Å². The van der Waals surface area contributed by atoms with Gasteiger partial charge in [0.05, 0.1) is 17.9 Å². The first-order valence-electron chi connectivity index (χ1n) is 4.54. The Morgan fingerprint density at radius 1 is 1.31 bits per heavy atom. The van der Waals surface area contributed by atoms with Crippen LogP contribution in [-0.2, 0) is 10.9 Å². The van der Waals surface area contributed by atoms with E-state index in [1.807, 2.05) is 0 Å². The van der Waals surface area contributed by atoms with Gasteiger partial charge in [-0.25, -0.2) is 4.39 Å². The van der Waals surface area contributed by atoms with Crippen LogP contribution < -0.4 is 5.32 Å². The highest BCUT2D eigenvalue weighted by molar-refractivity contribution is 5.48. The Bertz CT molecular complexity index is 351. The summed E-state index contributed by atoms with van der Waals surface area (Å²) in [5.74, 6) is -0.718. The normalized spacial score (nSPS) is 11.6. The Kier molecular flexibility index (Phi) is 4.12. The second-order valence-electron chi connectivity index (χ2n) is 3.11. The minimum atomic E-state index is -4.47. The van der Waals surface area contributed by atoms with Crippen molar-refractivity contribution >= 4 is 5.69 Å². The molecule has 90 valence electrons. The van der Waals surface area contributed by atoms with Crippen LogP contribution in [0.5, 0.6) is 0 Å². The van der Waals surface area contributed by atoms with E-state index in [-0.39, 0.29) is 18.8 Å². The van der Waals surface area contributed by atoms with Gasteiger partial charge in [0.25, 0.3) is 0 Å². The lowest BCUT2D eigenvalue weighted by Crippen LogP contribution is -2.11. The van der Waals surface area contributed by atoms with Crippen molar-refractivity contribution < 1.29 is 22.3 Å². The molecule has 0 aliphatic heterocycles. The number of anilines is 1. The predicted molar refractivity (Wildman–Crippen MR) is 51.8 cm³/mol. The molecule has 0 bridgehead atoms. The molecule has 1 rings (SSSR count). The number of rotatable bonds is 4. The van der Waals surface area contributed by atoms with Crippen LogP contribution in [0, 0.1) is 5.82 Å². The van der Waals surface area contributed by atoms with Crippen molar-refractivity contribution in [2.75, 3.05) is 25.6 Å². The first-order valence-corrected chi connectivity index (χ1v) is 4.54. The largest absolute Gasteiger partial charge is 0.416 e. The van der Waals surface area contributed by atoms with Gasteiger partial charge in [0.2, 0.25) is 0 Å². The molecule has 0 radical (unpaired) electrons. The zero-order valence-corrected chi connectivity index (χ0v) is 8.57. The van der Waals surface area contributed by atoms with Gasteiger partial charge in [-0.1, -0.05) is 0 Å². The van der Waals surface area contributed by atoms with Gasteiger partial charge in [-0.15, -0.1) is 0 Å². The minimum absolute atomic E-state index is 0.174. The van der Waals surface area contributed by atoms with Gasteiger partial charge < -0.3 is 10.1 Å². The molecule has 16 heavy (non-hydrogen) atoms. The molecule has 1 aromatic carbocycles. The number of nitrogens with one attached hydrogen (secondary N) is 1. The molecule has 0 aromatic heterocycles. The first-order chi connectivity index (χ1) is 7.45. The quantitative estimate of drug-likeness (QED) is 0.642. The van der Waals surface area contributed by atoms with Crippen molar-refractivity contribution in [2.45, 2.75) is 6.18 Å². The Balaban J connectivity index is 2.83. The molecule has 0 aliphatic rings. The Hall–Kier alpha value is -1.30. The third kappa shape index (κ3) is 3.37. The van der Waals surface area contributed by atoms with E-state index in [1.54, 1.807) is 0 Å². The van der Waals surface area contributed by atoms with E-state index >= 15 is 0 Å².